The summed E-state index contributed by atoms with van der Waals surface area (Å²) in [7, 11) is -2.49. The molecule has 0 atom stereocenters. The van der Waals surface area contributed by atoms with Gasteiger partial charge in [-0.25, -0.2) is 13.0 Å². The molecule has 0 aliphatic rings. The number of hydrogen-bond acceptors (Lipinski definition) is 6. The van der Waals surface area contributed by atoms with Gasteiger partial charge >= 0.3 is 0 Å². The highest BCUT2D eigenvalue weighted by molar-refractivity contribution is 7.85. The van der Waals surface area contributed by atoms with Crippen LogP contribution in [0.15, 0.2) is 53.9 Å². The van der Waals surface area contributed by atoms with E-state index in [1.165, 1.54) is 0 Å². The number of hydrazone groups is 1. The number of benzene rings is 1. The molecule has 134 valence electrons. The van der Waals surface area contributed by atoms with Crippen LogP contribution in [0, 0.1) is 0 Å². The lowest BCUT2D eigenvalue weighted by atomic mass is 10.3. The molecule has 1 aromatic heterocycles. The standard InChI is InChI=1S/C17H21N3O4S/c1-24-17-6-4-16(5-7-17)19-18-14-15-8-11-20(12-9-15)10-2-3-13-25(21,22)23/h4-9,11-12,14H,2-3,10,13H2,1H3,(H,21,22,23). The predicted octanol–water partition coefficient (Wildman–Crippen LogP) is 1.75. The average Bonchev–Trinajstić information content (AvgIpc) is 2.60. The molecule has 0 saturated heterocycles. The van der Waals surface area contributed by atoms with Crippen molar-refractivity contribution in [3.8, 4) is 5.75 Å². The van der Waals surface area contributed by atoms with Crippen molar-refractivity contribution >= 4 is 22.0 Å². The van der Waals surface area contributed by atoms with E-state index < -0.39 is 10.1 Å². The van der Waals surface area contributed by atoms with E-state index in [1.807, 2.05) is 53.4 Å². The van der Waals surface area contributed by atoms with E-state index in [9.17, 15) is 13.0 Å². The molecule has 0 bridgehead atoms. The quantitative estimate of drug-likeness (QED) is 0.241. The Morgan fingerprint density at radius 1 is 1.16 bits per heavy atom. The van der Waals surface area contributed by atoms with Crippen LogP contribution in [-0.2, 0) is 16.7 Å². The van der Waals surface area contributed by atoms with Crippen molar-refractivity contribution in [2.24, 2.45) is 5.10 Å². The highest BCUT2D eigenvalue weighted by Gasteiger charge is 2.02. The first-order valence-corrected chi connectivity index (χ1v) is 9.40. The van der Waals surface area contributed by atoms with Crippen LogP contribution in [0.25, 0.3) is 0 Å². The summed E-state index contributed by atoms with van der Waals surface area (Å²) < 4.78 is 38.6. The summed E-state index contributed by atoms with van der Waals surface area (Å²) in [6.07, 6.45) is 6.49. The van der Waals surface area contributed by atoms with Crippen LogP contribution in [0.4, 0.5) is 5.69 Å². The van der Waals surface area contributed by atoms with Gasteiger partial charge < -0.3 is 9.29 Å². The summed E-state index contributed by atoms with van der Waals surface area (Å²) in [4.78, 5) is 0. The van der Waals surface area contributed by atoms with Crippen molar-refractivity contribution in [3.05, 3.63) is 54.4 Å². The molecule has 1 aromatic carbocycles. The maximum Gasteiger partial charge on any atom is 0.169 e. The molecule has 25 heavy (non-hydrogen) atoms. The molecule has 0 amide bonds. The largest absolute Gasteiger partial charge is 0.748 e. The number of nitrogens with one attached hydrogen (secondary N) is 1. The SMILES string of the molecule is COc1ccc(N/N=C/c2cc[n+](CCCCS(=O)(=O)[O-])cc2)cc1. The Kier molecular flexibility index (Phi) is 6.91. The summed E-state index contributed by atoms with van der Waals surface area (Å²) >= 11 is 0. The normalized spacial score (nSPS) is 11.6. The first-order valence-electron chi connectivity index (χ1n) is 7.82. The first-order chi connectivity index (χ1) is 12.0. The van der Waals surface area contributed by atoms with Crippen LogP contribution in [0.2, 0.25) is 0 Å². The fourth-order valence-corrected chi connectivity index (χ4v) is 2.68. The van der Waals surface area contributed by atoms with Gasteiger partial charge in [-0.05, 0) is 30.7 Å². The smallest absolute Gasteiger partial charge is 0.169 e. The number of unbranched alkanes of at least 4 members (excludes halogenated alkanes) is 1. The number of aryl methyl sites for hydroxylation is 1. The van der Waals surface area contributed by atoms with Gasteiger partial charge in [0.15, 0.2) is 12.4 Å². The Labute approximate surface area is 147 Å². The van der Waals surface area contributed by atoms with E-state index in [4.69, 9.17) is 4.74 Å². The van der Waals surface area contributed by atoms with Crippen molar-refractivity contribution < 1.29 is 22.3 Å². The topological polar surface area (TPSA) is 94.7 Å². The molecule has 1 N–H and O–H groups in total. The van der Waals surface area contributed by atoms with E-state index in [0.29, 0.717) is 19.4 Å². The number of aromatic nitrogens is 1. The first kappa shape index (κ1) is 18.9. The third kappa shape index (κ3) is 7.32. The summed E-state index contributed by atoms with van der Waals surface area (Å²) in [6, 6.07) is 11.3. The maximum atomic E-state index is 10.5. The van der Waals surface area contributed by atoms with Gasteiger partial charge in [0.05, 0.1) is 29.1 Å². The van der Waals surface area contributed by atoms with E-state index in [1.54, 1.807) is 13.3 Å². The van der Waals surface area contributed by atoms with Gasteiger partial charge in [-0.2, -0.15) is 5.10 Å². The van der Waals surface area contributed by atoms with Crippen molar-refractivity contribution in [1.29, 1.82) is 0 Å². The lowest BCUT2D eigenvalue weighted by Gasteiger charge is -2.04. The second-order valence-electron chi connectivity index (χ2n) is 5.44. The molecule has 0 unspecified atom stereocenters. The van der Waals surface area contributed by atoms with Crippen LogP contribution < -0.4 is 14.7 Å². The molecule has 0 radical (unpaired) electrons. The fourth-order valence-electron chi connectivity index (χ4n) is 2.12. The monoisotopic (exact) mass is 363 g/mol. The Morgan fingerprint density at radius 2 is 1.84 bits per heavy atom. The summed E-state index contributed by atoms with van der Waals surface area (Å²) in [5.74, 6) is 0.477. The van der Waals surface area contributed by atoms with Crippen molar-refractivity contribution in [3.63, 3.8) is 0 Å². The highest BCUT2D eigenvalue weighted by Crippen LogP contribution is 2.14. The van der Waals surface area contributed by atoms with Gasteiger partial charge in [-0.1, -0.05) is 0 Å². The predicted molar refractivity (Wildman–Crippen MR) is 94.6 cm³/mol. The minimum absolute atomic E-state index is 0.310. The van der Waals surface area contributed by atoms with Gasteiger partial charge in [0, 0.05) is 29.9 Å². The minimum atomic E-state index is -4.11. The van der Waals surface area contributed by atoms with Crippen LogP contribution >= 0.6 is 0 Å². The number of methoxy groups -OCH3 is 1. The number of pyridine rings is 1. The third-order valence-corrected chi connectivity index (χ3v) is 4.26. The van der Waals surface area contributed by atoms with Crippen LogP contribution in [-0.4, -0.2) is 32.0 Å². The van der Waals surface area contributed by atoms with Gasteiger partial charge in [0.2, 0.25) is 0 Å². The minimum Gasteiger partial charge on any atom is -0.748 e. The molecule has 8 heteroatoms. The Hall–Kier alpha value is -2.45. The number of nitrogens with zero attached hydrogens (tertiary/aromatic N) is 2. The average molecular weight is 363 g/mol. The van der Waals surface area contributed by atoms with Gasteiger partial charge in [-0.3, -0.25) is 5.43 Å². The summed E-state index contributed by atoms with van der Waals surface area (Å²) in [5, 5.41) is 4.17. The fraction of sp³-hybridized carbons (Fsp3) is 0.294. The molecule has 0 fully saturated rings. The lowest BCUT2D eigenvalue weighted by molar-refractivity contribution is -0.697. The number of ether oxygens (including phenoxy) is 1. The third-order valence-electron chi connectivity index (χ3n) is 3.47. The number of rotatable bonds is 9. The Bertz CT molecular complexity index is 788. The van der Waals surface area contributed by atoms with E-state index in [0.717, 1.165) is 17.0 Å². The van der Waals surface area contributed by atoms with Crippen molar-refractivity contribution in [2.45, 2.75) is 19.4 Å². The lowest BCUT2D eigenvalue weighted by Crippen LogP contribution is -2.32. The summed E-state index contributed by atoms with van der Waals surface area (Å²) in [5.41, 5.74) is 4.72. The van der Waals surface area contributed by atoms with E-state index >= 15 is 0 Å². The molecular formula is C17H21N3O4S. The zero-order chi connectivity index (χ0) is 18.1. The highest BCUT2D eigenvalue weighted by atomic mass is 32.2. The second kappa shape index (κ2) is 9.14. The van der Waals surface area contributed by atoms with Crippen LogP contribution in [0.5, 0.6) is 5.75 Å². The summed E-state index contributed by atoms with van der Waals surface area (Å²) in [6.45, 7) is 0.664. The van der Waals surface area contributed by atoms with Gasteiger partial charge in [0.25, 0.3) is 0 Å². The van der Waals surface area contributed by atoms with Crippen LogP contribution in [0.1, 0.15) is 18.4 Å². The van der Waals surface area contributed by atoms with E-state index in [-0.39, 0.29) is 5.75 Å². The van der Waals surface area contributed by atoms with Crippen molar-refractivity contribution in [2.75, 3.05) is 18.3 Å². The second-order valence-corrected chi connectivity index (χ2v) is 6.96. The van der Waals surface area contributed by atoms with Gasteiger partial charge in [0.1, 0.15) is 12.3 Å². The molecule has 7 nitrogen and oxygen atoms in total. The van der Waals surface area contributed by atoms with E-state index in [2.05, 4.69) is 10.5 Å². The zero-order valence-electron chi connectivity index (χ0n) is 14.0. The Balaban J connectivity index is 1.78. The molecule has 0 saturated carbocycles. The number of anilines is 1. The molecule has 0 spiro atoms. The molecular weight excluding hydrogens is 342 g/mol. The number of hydrogen-bond donors (Lipinski definition) is 1. The van der Waals surface area contributed by atoms with Crippen molar-refractivity contribution in [1.82, 2.24) is 0 Å². The Morgan fingerprint density at radius 3 is 2.44 bits per heavy atom. The van der Waals surface area contributed by atoms with Gasteiger partial charge in [-0.15, -0.1) is 0 Å². The molecule has 0 aliphatic carbocycles. The molecule has 0 aliphatic heterocycles. The molecule has 2 aromatic rings. The zero-order valence-corrected chi connectivity index (χ0v) is 14.8. The maximum absolute atomic E-state index is 10.5. The molecule has 2 rings (SSSR count). The molecule has 1 heterocycles. The van der Waals surface area contributed by atoms with Crippen LogP contribution in [0.3, 0.4) is 0 Å².